The predicted molar refractivity (Wildman–Crippen MR) is 132 cm³/mol. The van der Waals surface area contributed by atoms with Crippen LogP contribution in [0.3, 0.4) is 0 Å². The standard InChI is InChI=1S/C27H17ClN2O4/c28-21-7-4-8-23(17-21)29-25(18-5-2-1-3-6-18)16-20(27(29)31)15-24-13-14-26(34-24)19-9-11-22(12-10-19)30(32)33/h1-17H. The van der Waals surface area contributed by atoms with Crippen LogP contribution < -0.4 is 4.90 Å². The molecule has 0 atom stereocenters. The van der Waals surface area contributed by atoms with Crippen molar-refractivity contribution in [2.24, 2.45) is 0 Å². The van der Waals surface area contributed by atoms with E-state index in [1.807, 2.05) is 42.5 Å². The Morgan fingerprint density at radius 1 is 0.882 bits per heavy atom. The molecule has 0 N–H and O–H groups in total. The van der Waals surface area contributed by atoms with Gasteiger partial charge in [0.1, 0.15) is 11.5 Å². The molecule has 0 fully saturated rings. The van der Waals surface area contributed by atoms with E-state index in [0.29, 0.717) is 33.4 Å². The van der Waals surface area contributed by atoms with Crippen LogP contribution in [-0.2, 0) is 4.79 Å². The monoisotopic (exact) mass is 468 g/mol. The number of hydrogen-bond donors (Lipinski definition) is 0. The van der Waals surface area contributed by atoms with E-state index in [9.17, 15) is 14.9 Å². The smallest absolute Gasteiger partial charge is 0.269 e. The highest BCUT2D eigenvalue weighted by molar-refractivity contribution is 6.31. The number of anilines is 1. The average Bonchev–Trinajstić information content (AvgIpc) is 3.45. The zero-order chi connectivity index (χ0) is 23.7. The van der Waals surface area contributed by atoms with E-state index in [2.05, 4.69) is 0 Å². The summed E-state index contributed by atoms with van der Waals surface area (Å²) in [6.45, 7) is 0. The lowest BCUT2D eigenvalue weighted by Crippen LogP contribution is -2.24. The number of furan rings is 1. The molecule has 0 radical (unpaired) electrons. The summed E-state index contributed by atoms with van der Waals surface area (Å²) >= 11 is 6.19. The second-order valence-corrected chi connectivity index (χ2v) is 8.06. The minimum Gasteiger partial charge on any atom is -0.457 e. The molecule has 0 saturated carbocycles. The molecule has 4 aromatic rings. The van der Waals surface area contributed by atoms with E-state index in [1.54, 1.807) is 53.4 Å². The van der Waals surface area contributed by atoms with Gasteiger partial charge in [0.05, 0.1) is 16.3 Å². The summed E-state index contributed by atoms with van der Waals surface area (Å²) in [7, 11) is 0. The van der Waals surface area contributed by atoms with Crippen molar-refractivity contribution < 1.29 is 14.1 Å². The summed E-state index contributed by atoms with van der Waals surface area (Å²) < 4.78 is 5.91. The Labute approximate surface area is 200 Å². The summed E-state index contributed by atoms with van der Waals surface area (Å²) in [6.07, 6.45) is 3.51. The predicted octanol–water partition coefficient (Wildman–Crippen LogP) is 6.98. The molecule has 0 aliphatic carbocycles. The third kappa shape index (κ3) is 4.14. The van der Waals surface area contributed by atoms with Gasteiger partial charge in [0.25, 0.3) is 11.6 Å². The molecule has 0 spiro atoms. The first-order valence-electron chi connectivity index (χ1n) is 10.4. The molecule has 5 rings (SSSR count). The van der Waals surface area contributed by atoms with Gasteiger partial charge < -0.3 is 4.42 Å². The number of carbonyl (C=O) groups is 1. The van der Waals surface area contributed by atoms with Crippen molar-refractivity contribution in [3.63, 3.8) is 0 Å². The van der Waals surface area contributed by atoms with Crippen LogP contribution >= 0.6 is 11.6 Å². The van der Waals surface area contributed by atoms with Crippen LogP contribution in [0.4, 0.5) is 11.4 Å². The molecule has 0 unspecified atom stereocenters. The van der Waals surface area contributed by atoms with Gasteiger partial charge in [0, 0.05) is 28.3 Å². The molecule has 6 nitrogen and oxygen atoms in total. The number of nitro groups is 1. The molecule has 0 bridgehead atoms. The number of amides is 1. The summed E-state index contributed by atoms with van der Waals surface area (Å²) in [5.41, 5.74) is 3.47. The first-order valence-corrected chi connectivity index (χ1v) is 10.8. The number of halogens is 1. The molecular formula is C27H17ClN2O4. The molecular weight excluding hydrogens is 452 g/mol. The Balaban J connectivity index is 1.51. The van der Waals surface area contributed by atoms with Gasteiger partial charge in [-0.2, -0.15) is 0 Å². The third-order valence-corrected chi connectivity index (χ3v) is 5.64. The van der Waals surface area contributed by atoms with Gasteiger partial charge in [-0.1, -0.05) is 48.0 Å². The first-order chi connectivity index (χ1) is 16.5. The Morgan fingerprint density at radius 3 is 2.35 bits per heavy atom. The number of benzene rings is 3. The summed E-state index contributed by atoms with van der Waals surface area (Å²) in [5.74, 6) is 0.842. The van der Waals surface area contributed by atoms with E-state index < -0.39 is 4.92 Å². The van der Waals surface area contributed by atoms with Crippen LogP contribution in [-0.4, -0.2) is 10.8 Å². The number of non-ortho nitro benzene ring substituents is 1. The van der Waals surface area contributed by atoms with Gasteiger partial charge >= 0.3 is 0 Å². The maximum absolute atomic E-state index is 13.4. The van der Waals surface area contributed by atoms with Gasteiger partial charge in [0.2, 0.25) is 0 Å². The lowest BCUT2D eigenvalue weighted by Gasteiger charge is -2.21. The molecule has 34 heavy (non-hydrogen) atoms. The highest BCUT2D eigenvalue weighted by Gasteiger charge is 2.30. The number of rotatable bonds is 5. The number of nitrogens with zero attached hydrogens (tertiary/aromatic N) is 2. The summed E-state index contributed by atoms with van der Waals surface area (Å²) in [4.78, 5) is 25.5. The van der Waals surface area contributed by atoms with Crippen LogP contribution in [0.5, 0.6) is 0 Å². The molecule has 1 aliphatic heterocycles. The topological polar surface area (TPSA) is 76.6 Å². The van der Waals surface area contributed by atoms with Gasteiger partial charge in [-0.3, -0.25) is 19.8 Å². The SMILES string of the molecule is O=C1C(=Cc2ccc(-c3ccc([N+](=O)[O-])cc3)o2)C=C(c2ccccc2)N1c1cccc(Cl)c1. The maximum Gasteiger partial charge on any atom is 0.269 e. The molecule has 1 aromatic heterocycles. The van der Waals surface area contributed by atoms with Crippen molar-refractivity contribution in [1.82, 2.24) is 0 Å². The van der Waals surface area contributed by atoms with Crippen LogP contribution in [0, 0.1) is 10.1 Å². The van der Waals surface area contributed by atoms with Gasteiger partial charge in [-0.25, -0.2) is 0 Å². The minimum absolute atomic E-state index is 0.00823. The van der Waals surface area contributed by atoms with E-state index in [1.165, 1.54) is 12.1 Å². The lowest BCUT2D eigenvalue weighted by molar-refractivity contribution is -0.384. The Morgan fingerprint density at radius 2 is 1.65 bits per heavy atom. The van der Waals surface area contributed by atoms with Crippen LogP contribution in [0.2, 0.25) is 5.02 Å². The highest BCUT2D eigenvalue weighted by atomic mass is 35.5. The van der Waals surface area contributed by atoms with Crippen molar-refractivity contribution in [2.75, 3.05) is 4.90 Å². The van der Waals surface area contributed by atoms with Gasteiger partial charge in [-0.05, 0) is 60.2 Å². The normalized spacial score (nSPS) is 14.5. The first kappa shape index (κ1) is 21.4. The Hall–Kier alpha value is -4.42. The van der Waals surface area contributed by atoms with Crippen LogP contribution in [0.15, 0.2) is 107 Å². The van der Waals surface area contributed by atoms with E-state index in [4.69, 9.17) is 16.0 Å². The van der Waals surface area contributed by atoms with E-state index in [0.717, 1.165) is 11.3 Å². The quantitative estimate of drug-likeness (QED) is 0.180. The van der Waals surface area contributed by atoms with Crippen molar-refractivity contribution in [2.45, 2.75) is 0 Å². The highest BCUT2D eigenvalue weighted by Crippen LogP contribution is 2.36. The number of carbonyl (C=O) groups excluding carboxylic acids is 1. The van der Waals surface area contributed by atoms with E-state index >= 15 is 0 Å². The zero-order valence-corrected chi connectivity index (χ0v) is 18.5. The zero-order valence-electron chi connectivity index (χ0n) is 17.7. The number of nitro benzene ring substituents is 1. The fraction of sp³-hybridized carbons (Fsp3) is 0. The minimum atomic E-state index is -0.449. The molecule has 3 aromatic carbocycles. The fourth-order valence-electron chi connectivity index (χ4n) is 3.79. The number of hydrogen-bond acceptors (Lipinski definition) is 4. The van der Waals surface area contributed by atoms with Gasteiger partial charge in [0.15, 0.2) is 0 Å². The second-order valence-electron chi connectivity index (χ2n) is 7.62. The van der Waals surface area contributed by atoms with Crippen molar-refractivity contribution >= 4 is 40.7 Å². The average molecular weight is 469 g/mol. The lowest BCUT2D eigenvalue weighted by atomic mass is 10.1. The Bertz CT molecular complexity index is 1450. The molecule has 1 aliphatic rings. The molecule has 7 heteroatoms. The molecule has 166 valence electrons. The van der Waals surface area contributed by atoms with Gasteiger partial charge in [-0.15, -0.1) is 0 Å². The Kier molecular flexibility index (Phi) is 5.57. The van der Waals surface area contributed by atoms with Crippen LogP contribution in [0.25, 0.3) is 23.1 Å². The summed E-state index contributed by atoms with van der Waals surface area (Å²) in [6, 6.07) is 26.4. The van der Waals surface area contributed by atoms with Crippen molar-refractivity contribution in [3.05, 3.63) is 129 Å². The van der Waals surface area contributed by atoms with Crippen molar-refractivity contribution in [1.29, 1.82) is 0 Å². The molecule has 0 saturated heterocycles. The maximum atomic E-state index is 13.4. The third-order valence-electron chi connectivity index (χ3n) is 5.41. The summed E-state index contributed by atoms with van der Waals surface area (Å²) in [5, 5.41) is 11.4. The fourth-order valence-corrected chi connectivity index (χ4v) is 3.98. The van der Waals surface area contributed by atoms with Crippen molar-refractivity contribution in [3.8, 4) is 11.3 Å². The van der Waals surface area contributed by atoms with Crippen LogP contribution in [0.1, 0.15) is 11.3 Å². The molecule has 1 amide bonds. The molecule has 2 heterocycles. The second kappa shape index (κ2) is 8.84. The largest absolute Gasteiger partial charge is 0.457 e. The van der Waals surface area contributed by atoms with E-state index in [-0.39, 0.29) is 11.6 Å².